The Labute approximate surface area is 82.1 Å². The lowest BCUT2D eigenvalue weighted by atomic mass is 10.7. The highest BCUT2D eigenvalue weighted by Gasteiger charge is 2.29. The molecule has 0 aromatic carbocycles. The third-order valence-electron chi connectivity index (χ3n) is 1.06. The van der Waals surface area contributed by atoms with Crippen LogP contribution in [0.2, 0.25) is 5.28 Å². The summed E-state index contributed by atoms with van der Waals surface area (Å²) in [7, 11) is 0. The van der Waals surface area contributed by atoms with E-state index in [1.54, 1.807) is 0 Å². The number of halogens is 4. The van der Waals surface area contributed by atoms with Crippen LogP contribution >= 0.6 is 11.6 Å². The molecule has 0 radical (unpaired) electrons. The second-order valence-electron chi connectivity index (χ2n) is 2.34. The van der Waals surface area contributed by atoms with E-state index in [1.807, 2.05) is 0 Å². The van der Waals surface area contributed by atoms with Crippen LogP contribution in [0.5, 0.6) is 6.01 Å². The lowest BCUT2D eigenvalue weighted by Crippen LogP contribution is -2.20. The van der Waals surface area contributed by atoms with Gasteiger partial charge in [-0.25, -0.2) is 4.98 Å². The molecule has 4 nitrogen and oxygen atoms in total. The summed E-state index contributed by atoms with van der Waals surface area (Å²) in [6, 6.07) is -0.431. The minimum absolute atomic E-state index is 0.196. The molecule has 0 saturated carbocycles. The first-order valence-electron chi connectivity index (χ1n) is 3.44. The molecule has 0 bridgehead atoms. The molecule has 0 aliphatic rings. The van der Waals surface area contributed by atoms with E-state index in [4.69, 9.17) is 11.6 Å². The van der Waals surface area contributed by atoms with E-state index in [-0.39, 0.29) is 11.1 Å². The zero-order chi connectivity index (χ0) is 10.8. The molecule has 0 fully saturated rings. The van der Waals surface area contributed by atoms with Gasteiger partial charge in [0.1, 0.15) is 5.82 Å². The molecule has 0 saturated heterocycles. The summed E-state index contributed by atoms with van der Waals surface area (Å²) in [5.74, 6) is 0.196. The van der Waals surface area contributed by atoms with Crippen molar-refractivity contribution in [1.82, 2.24) is 15.0 Å². The van der Waals surface area contributed by atoms with Crippen molar-refractivity contribution >= 4 is 11.6 Å². The largest absolute Gasteiger partial charge is 0.454 e. The van der Waals surface area contributed by atoms with Gasteiger partial charge in [0.2, 0.25) is 5.28 Å². The van der Waals surface area contributed by atoms with E-state index in [2.05, 4.69) is 19.7 Å². The number of rotatable bonds is 2. The van der Waals surface area contributed by atoms with Crippen molar-refractivity contribution in [3.05, 3.63) is 11.1 Å². The van der Waals surface area contributed by atoms with Gasteiger partial charge < -0.3 is 4.74 Å². The summed E-state index contributed by atoms with van der Waals surface area (Å²) in [5, 5.41) is -0.199. The Kier molecular flexibility index (Phi) is 3.10. The number of ether oxygens (including phenoxy) is 1. The zero-order valence-corrected chi connectivity index (χ0v) is 7.72. The van der Waals surface area contributed by atoms with Gasteiger partial charge in [-0.2, -0.15) is 23.1 Å². The third kappa shape index (κ3) is 3.73. The van der Waals surface area contributed by atoms with Gasteiger partial charge in [-0.05, 0) is 18.5 Å². The number of aryl methyl sites for hydroxylation is 1. The fraction of sp³-hybridized carbons (Fsp3) is 0.500. The molecule has 0 spiro atoms. The smallest absolute Gasteiger partial charge is 0.422 e. The molecule has 0 aliphatic heterocycles. The number of nitrogens with zero attached hydrogens (tertiary/aromatic N) is 3. The first kappa shape index (κ1) is 11.0. The third-order valence-corrected chi connectivity index (χ3v) is 1.23. The molecule has 1 aromatic heterocycles. The second kappa shape index (κ2) is 3.95. The van der Waals surface area contributed by atoms with Gasteiger partial charge >= 0.3 is 12.2 Å². The van der Waals surface area contributed by atoms with Crippen LogP contribution in [0, 0.1) is 6.92 Å². The highest BCUT2D eigenvalue weighted by molar-refractivity contribution is 6.28. The van der Waals surface area contributed by atoms with Crippen molar-refractivity contribution in [2.24, 2.45) is 0 Å². The average Bonchev–Trinajstić information content (AvgIpc) is 1.97. The monoisotopic (exact) mass is 227 g/mol. The Morgan fingerprint density at radius 3 is 2.43 bits per heavy atom. The van der Waals surface area contributed by atoms with Gasteiger partial charge in [-0.3, -0.25) is 0 Å². The number of hydrogen-bond donors (Lipinski definition) is 0. The average molecular weight is 228 g/mol. The maximum absolute atomic E-state index is 11.7. The molecule has 0 aliphatic carbocycles. The number of aromatic nitrogens is 3. The lowest BCUT2D eigenvalue weighted by Gasteiger charge is -2.07. The molecular formula is C6H5ClF3N3O. The summed E-state index contributed by atoms with van der Waals surface area (Å²) in [4.78, 5) is 10.4. The molecule has 1 rings (SSSR count). The molecule has 8 heteroatoms. The second-order valence-corrected chi connectivity index (χ2v) is 2.68. The Balaban J connectivity index is 2.68. The Morgan fingerprint density at radius 1 is 1.29 bits per heavy atom. The van der Waals surface area contributed by atoms with E-state index in [0.29, 0.717) is 0 Å². The van der Waals surface area contributed by atoms with E-state index in [1.165, 1.54) is 6.92 Å². The normalized spacial score (nSPS) is 11.5. The van der Waals surface area contributed by atoms with Gasteiger partial charge in [0.15, 0.2) is 6.61 Å². The summed E-state index contributed by atoms with van der Waals surface area (Å²) in [6.07, 6.45) is -4.42. The Morgan fingerprint density at radius 2 is 1.93 bits per heavy atom. The molecule has 1 aromatic rings. The van der Waals surface area contributed by atoms with E-state index in [0.717, 1.165) is 0 Å². The summed E-state index contributed by atoms with van der Waals surface area (Å²) in [6.45, 7) is 0.0147. The summed E-state index contributed by atoms with van der Waals surface area (Å²) < 4.78 is 39.4. The van der Waals surface area contributed by atoms with Crippen molar-refractivity contribution in [2.45, 2.75) is 13.1 Å². The van der Waals surface area contributed by atoms with Crippen molar-refractivity contribution in [1.29, 1.82) is 0 Å². The maximum atomic E-state index is 11.7. The predicted octanol–water partition coefficient (Wildman–Crippen LogP) is 1.77. The SMILES string of the molecule is Cc1nc(Cl)nc(OCC(F)(F)F)n1. The fourth-order valence-corrected chi connectivity index (χ4v) is 0.831. The predicted molar refractivity (Wildman–Crippen MR) is 41.1 cm³/mol. The van der Waals surface area contributed by atoms with Gasteiger partial charge in [0.05, 0.1) is 0 Å². The fourth-order valence-electron chi connectivity index (χ4n) is 0.637. The zero-order valence-electron chi connectivity index (χ0n) is 6.97. The van der Waals surface area contributed by atoms with Crippen molar-refractivity contribution in [3.63, 3.8) is 0 Å². The van der Waals surface area contributed by atoms with Gasteiger partial charge in [0.25, 0.3) is 0 Å². The minimum Gasteiger partial charge on any atom is -0.454 e. The quantitative estimate of drug-likeness (QED) is 0.773. The highest BCUT2D eigenvalue weighted by atomic mass is 35.5. The minimum atomic E-state index is -4.42. The summed E-state index contributed by atoms with van der Waals surface area (Å²) >= 11 is 5.38. The molecule has 1 heterocycles. The van der Waals surface area contributed by atoms with E-state index >= 15 is 0 Å². The molecule has 78 valence electrons. The van der Waals surface area contributed by atoms with Crippen LogP contribution in [0.3, 0.4) is 0 Å². The topological polar surface area (TPSA) is 47.9 Å². The van der Waals surface area contributed by atoms with Gasteiger partial charge in [-0.15, -0.1) is 0 Å². The molecule has 0 atom stereocenters. The van der Waals surface area contributed by atoms with E-state index < -0.39 is 18.8 Å². The maximum Gasteiger partial charge on any atom is 0.422 e. The van der Waals surface area contributed by atoms with Crippen LogP contribution in [-0.2, 0) is 0 Å². The molecule has 0 amide bonds. The summed E-state index contributed by atoms with van der Waals surface area (Å²) in [5.41, 5.74) is 0. The van der Waals surface area contributed by atoms with Crippen LogP contribution in [0.1, 0.15) is 5.82 Å². The highest BCUT2D eigenvalue weighted by Crippen LogP contribution is 2.16. The first-order valence-corrected chi connectivity index (χ1v) is 3.82. The lowest BCUT2D eigenvalue weighted by molar-refractivity contribution is -0.154. The standard InChI is InChI=1S/C6H5ClF3N3O/c1-3-11-4(7)13-5(12-3)14-2-6(8,9)10/h2H2,1H3. The van der Waals surface area contributed by atoms with Crippen LogP contribution in [0.25, 0.3) is 0 Å². The number of alkyl halides is 3. The Bertz CT molecular complexity index is 310. The molecule has 14 heavy (non-hydrogen) atoms. The van der Waals surface area contributed by atoms with Crippen molar-refractivity contribution < 1.29 is 17.9 Å². The van der Waals surface area contributed by atoms with E-state index in [9.17, 15) is 13.2 Å². The molecule has 0 N–H and O–H groups in total. The molecular weight excluding hydrogens is 223 g/mol. The number of hydrogen-bond acceptors (Lipinski definition) is 4. The van der Waals surface area contributed by atoms with Crippen molar-refractivity contribution in [2.75, 3.05) is 6.61 Å². The first-order chi connectivity index (χ1) is 6.37. The van der Waals surface area contributed by atoms with Crippen LogP contribution < -0.4 is 4.74 Å². The van der Waals surface area contributed by atoms with Crippen molar-refractivity contribution in [3.8, 4) is 6.01 Å². The molecule has 0 unspecified atom stereocenters. The van der Waals surface area contributed by atoms with Crippen LogP contribution in [0.15, 0.2) is 0 Å². The van der Waals surface area contributed by atoms with Crippen LogP contribution in [-0.4, -0.2) is 27.7 Å². The van der Waals surface area contributed by atoms with Gasteiger partial charge in [0, 0.05) is 0 Å². The Hall–Kier alpha value is -1.11. The van der Waals surface area contributed by atoms with Crippen LogP contribution in [0.4, 0.5) is 13.2 Å². The van der Waals surface area contributed by atoms with Gasteiger partial charge in [-0.1, -0.05) is 0 Å².